The molecule has 2 atom stereocenters. The Bertz CT molecular complexity index is 714. The molecule has 25 heavy (non-hydrogen) atoms. The van der Waals surface area contributed by atoms with Gasteiger partial charge in [-0.15, -0.1) is 0 Å². The Labute approximate surface area is 148 Å². The summed E-state index contributed by atoms with van der Waals surface area (Å²) in [5, 5.41) is 15.2. The summed E-state index contributed by atoms with van der Waals surface area (Å²) in [6.45, 7) is 2.16. The highest BCUT2D eigenvalue weighted by atomic mass is 16.3. The summed E-state index contributed by atoms with van der Waals surface area (Å²) in [6.07, 6.45) is 0.0986. The van der Waals surface area contributed by atoms with E-state index in [-0.39, 0.29) is 17.7 Å². The number of hydrogen-bond acceptors (Lipinski definition) is 3. The van der Waals surface area contributed by atoms with Crippen LogP contribution in [0.5, 0.6) is 0 Å². The SMILES string of the molecule is CNC(=O)c1cccc(C(=O)NCC(CC(C)O)c2ccccc2)c1. The van der Waals surface area contributed by atoms with Gasteiger partial charge in [-0.25, -0.2) is 0 Å². The molecule has 2 unspecified atom stereocenters. The summed E-state index contributed by atoms with van der Waals surface area (Å²) < 4.78 is 0. The summed E-state index contributed by atoms with van der Waals surface area (Å²) in [7, 11) is 1.55. The zero-order valence-corrected chi connectivity index (χ0v) is 14.5. The number of aliphatic hydroxyl groups excluding tert-OH is 1. The van der Waals surface area contributed by atoms with Crippen LogP contribution in [-0.2, 0) is 0 Å². The molecule has 2 aromatic carbocycles. The highest BCUT2D eigenvalue weighted by Gasteiger charge is 2.16. The number of hydrogen-bond donors (Lipinski definition) is 3. The van der Waals surface area contributed by atoms with Gasteiger partial charge in [0.05, 0.1) is 6.10 Å². The summed E-state index contributed by atoms with van der Waals surface area (Å²) in [5.74, 6) is -0.449. The lowest BCUT2D eigenvalue weighted by Crippen LogP contribution is -2.30. The Morgan fingerprint density at radius 1 is 1.00 bits per heavy atom. The Balaban J connectivity index is 2.07. The normalized spacial score (nSPS) is 12.9. The predicted octanol–water partition coefficient (Wildman–Crippen LogP) is 2.33. The molecular formula is C20H24N2O3. The number of carbonyl (C=O) groups is 2. The van der Waals surface area contributed by atoms with E-state index in [1.807, 2.05) is 30.3 Å². The smallest absolute Gasteiger partial charge is 0.251 e. The monoisotopic (exact) mass is 340 g/mol. The fraction of sp³-hybridized carbons (Fsp3) is 0.300. The van der Waals surface area contributed by atoms with Crippen LogP contribution in [0, 0.1) is 0 Å². The molecule has 2 rings (SSSR count). The Morgan fingerprint density at radius 2 is 1.64 bits per heavy atom. The van der Waals surface area contributed by atoms with Crippen LogP contribution in [0.25, 0.3) is 0 Å². The first-order valence-corrected chi connectivity index (χ1v) is 8.34. The topological polar surface area (TPSA) is 78.4 Å². The van der Waals surface area contributed by atoms with E-state index >= 15 is 0 Å². The molecule has 3 N–H and O–H groups in total. The molecule has 5 heteroatoms. The number of nitrogens with one attached hydrogen (secondary N) is 2. The van der Waals surface area contributed by atoms with Crippen LogP contribution in [0.2, 0.25) is 0 Å². The number of aliphatic hydroxyl groups is 1. The van der Waals surface area contributed by atoms with Crippen LogP contribution in [0.15, 0.2) is 54.6 Å². The minimum Gasteiger partial charge on any atom is -0.393 e. The molecule has 2 amide bonds. The van der Waals surface area contributed by atoms with Gasteiger partial charge in [0, 0.05) is 30.6 Å². The van der Waals surface area contributed by atoms with Crippen molar-refractivity contribution >= 4 is 11.8 Å². The molecular weight excluding hydrogens is 316 g/mol. The van der Waals surface area contributed by atoms with Crippen LogP contribution in [0.3, 0.4) is 0 Å². The molecule has 0 aromatic heterocycles. The van der Waals surface area contributed by atoms with Gasteiger partial charge in [-0.05, 0) is 37.1 Å². The third kappa shape index (κ3) is 5.43. The van der Waals surface area contributed by atoms with Gasteiger partial charge in [0.25, 0.3) is 11.8 Å². The maximum atomic E-state index is 12.4. The minimum absolute atomic E-state index is 0.0206. The van der Waals surface area contributed by atoms with Gasteiger partial charge in [0.15, 0.2) is 0 Å². The molecule has 0 spiro atoms. The van der Waals surface area contributed by atoms with Gasteiger partial charge < -0.3 is 15.7 Å². The lowest BCUT2D eigenvalue weighted by Gasteiger charge is -2.19. The van der Waals surface area contributed by atoms with Gasteiger partial charge in [0.1, 0.15) is 0 Å². The van der Waals surface area contributed by atoms with Gasteiger partial charge in [-0.3, -0.25) is 9.59 Å². The molecule has 0 aliphatic rings. The third-order valence-electron chi connectivity index (χ3n) is 4.02. The quantitative estimate of drug-likeness (QED) is 0.724. The van der Waals surface area contributed by atoms with E-state index in [2.05, 4.69) is 10.6 Å². The van der Waals surface area contributed by atoms with E-state index in [9.17, 15) is 14.7 Å². The first kappa shape index (κ1) is 18.7. The maximum Gasteiger partial charge on any atom is 0.251 e. The average molecular weight is 340 g/mol. The number of carbonyl (C=O) groups excluding carboxylic acids is 2. The molecule has 0 fully saturated rings. The van der Waals surface area contributed by atoms with Gasteiger partial charge in [-0.1, -0.05) is 36.4 Å². The second-order valence-corrected chi connectivity index (χ2v) is 6.06. The van der Waals surface area contributed by atoms with E-state index in [1.165, 1.54) is 0 Å². The molecule has 0 aliphatic carbocycles. The molecule has 2 aromatic rings. The van der Waals surface area contributed by atoms with Crippen molar-refractivity contribution in [2.24, 2.45) is 0 Å². The molecule has 0 bridgehead atoms. The molecule has 0 heterocycles. The lowest BCUT2D eigenvalue weighted by atomic mass is 9.93. The predicted molar refractivity (Wildman–Crippen MR) is 97.6 cm³/mol. The van der Waals surface area contributed by atoms with Crippen molar-refractivity contribution in [3.05, 3.63) is 71.3 Å². The van der Waals surface area contributed by atoms with Gasteiger partial charge >= 0.3 is 0 Å². The van der Waals surface area contributed by atoms with Crippen molar-refractivity contribution in [2.75, 3.05) is 13.6 Å². The zero-order valence-electron chi connectivity index (χ0n) is 14.5. The standard InChI is InChI=1S/C20H24N2O3/c1-14(23)11-18(15-7-4-3-5-8-15)13-22-20(25)17-10-6-9-16(12-17)19(24)21-2/h3-10,12,14,18,23H,11,13H2,1-2H3,(H,21,24)(H,22,25). The molecule has 132 valence electrons. The van der Waals surface area contributed by atoms with Crippen LogP contribution < -0.4 is 10.6 Å². The van der Waals surface area contributed by atoms with Crippen LogP contribution >= 0.6 is 0 Å². The van der Waals surface area contributed by atoms with E-state index in [0.717, 1.165) is 5.56 Å². The van der Waals surface area contributed by atoms with Gasteiger partial charge in [-0.2, -0.15) is 0 Å². The molecule has 5 nitrogen and oxygen atoms in total. The van der Waals surface area contributed by atoms with Crippen LogP contribution in [-0.4, -0.2) is 36.6 Å². The van der Waals surface area contributed by atoms with Crippen LogP contribution in [0.4, 0.5) is 0 Å². The fourth-order valence-corrected chi connectivity index (χ4v) is 2.74. The third-order valence-corrected chi connectivity index (χ3v) is 4.02. The van der Waals surface area contributed by atoms with Crippen LogP contribution in [0.1, 0.15) is 45.5 Å². The number of amides is 2. The lowest BCUT2D eigenvalue weighted by molar-refractivity contribution is 0.0945. The first-order chi connectivity index (χ1) is 12.0. The Morgan fingerprint density at radius 3 is 2.24 bits per heavy atom. The van der Waals surface area contributed by atoms with E-state index in [4.69, 9.17) is 0 Å². The average Bonchev–Trinajstić information content (AvgIpc) is 2.64. The second-order valence-electron chi connectivity index (χ2n) is 6.06. The highest BCUT2D eigenvalue weighted by Crippen LogP contribution is 2.20. The van der Waals surface area contributed by atoms with E-state index in [1.54, 1.807) is 38.2 Å². The molecule has 0 saturated carbocycles. The number of rotatable bonds is 7. The number of benzene rings is 2. The Kier molecular flexibility index (Phi) is 6.71. The van der Waals surface area contributed by atoms with Crippen molar-refractivity contribution in [3.8, 4) is 0 Å². The van der Waals surface area contributed by atoms with Crippen molar-refractivity contribution in [1.29, 1.82) is 0 Å². The summed E-state index contributed by atoms with van der Waals surface area (Å²) in [4.78, 5) is 24.1. The van der Waals surface area contributed by atoms with Crippen molar-refractivity contribution < 1.29 is 14.7 Å². The van der Waals surface area contributed by atoms with E-state index < -0.39 is 6.10 Å². The summed E-state index contributed by atoms with van der Waals surface area (Å²) >= 11 is 0. The second kappa shape index (κ2) is 8.99. The van der Waals surface area contributed by atoms with Gasteiger partial charge in [0.2, 0.25) is 0 Å². The summed E-state index contributed by atoms with van der Waals surface area (Å²) in [5.41, 5.74) is 1.95. The highest BCUT2D eigenvalue weighted by molar-refractivity contribution is 5.99. The van der Waals surface area contributed by atoms with E-state index in [0.29, 0.717) is 24.1 Å². The first-order valence-electron chi connectivity index (χ1n) is 8.34. The zero-order chi connectivity index (χ0) is 18.2. The van der Waals surface area contributed by atoms with Crippen molar-refractivity contribution in [1.82, 2.24) is 10.6 Å². The largest absolute Gasteiger partial charge is 0.393 e. The van der Waals surface area contributed by atoms with Crippen molar-refractivity contribution in [2.45, 2.75) is 25.4 Å². The summed E-state index contributed by atoms with van der Waals surface area (Å²) in [6, 6.07) is 16.4. The van der Waals surface area contributed by atoms with Crippen molar-refractivity contribution in [3.63, 3.8) is 0 Å². The molecule has 0 aliphatic heterocycles. The minimum atomic E-state index is -0.460. The Hall–Kier alpha value is -2.66. The maximum absolute atomic E-state index is 12.4. The molecule has 0 radical (unpaired) electrons. The fourth-order valence-electron chi connectivity index (χ4n) is 2.74. The molecule has 0 saturated heterocycles.